The van der Waals surface area contributed by atoms with Gasteiger partial charge in [0.15, 0.2) is 12.6 Å². The number of esters is 1. The van der Waals surface area contributed by atoms with Crippen LogP contribution in [0.4, 0.5) is 5.82 Å². The maximum atomic E-state index is 12.0. The molecule has 0 spiro atoms. The Balaban J connectivity index is 1.79. The molecule has 0 aliphatic carbocycles. The number of carbonyl (C=O) groups is 2. The fourth-order valence-electron chi connectivity index (χ4n) is 3.56. The summed E-state index contributed by atoms with van der Waals surface area (Å²) in [5.74, 6) is -0.351. The minimum Gasteiger partial charge on any atom is -0.438 e. The number of fused-ring (bicyclic) bond motifs is 1. The Morgan fingerprint density at radius 1 is 1.35 bits per heavy atom. The fourth-order valence-corrected chi connectivity index (χ4v) is 3.56. The van der Waals surface area contributed by atoms with Gasteiger partial charge in [0.25, 0.3) is 0 Å². The van der Waals surface area contributed by atoms with E-state index in [1.165, 1.54) is 10.8 Å². The van der Waals surface area contributed by atoms with E-state index in [2.05, 4.69) is 27.1 Å². The summed E-state index contributed by atoms with van der Waals surface area (Å²) in [5.41, 5.74) is -1.72. The molecular weight excluding hydrogens is 446 g/mol. The lowest BCUT2D eigenvalue weighted by atomic mass is 9.98. The Morgan fingerprint density at radius 2 is 2.09 bits per heavy atom. The summed E-state index contributed by atoms with van der Waals surface area (Å²) in [6.07, 6.45) is -1.61. The van der Waals surface area contributed by atoms with Crippen molar-refractivity contribution in [1.29, 1.82) is 0 Å². The summed E-state index contributed by atoms with van der Waals surface area (Å²) in [6.45, 7) is 10.1. The molecule has 12 nitrogen and oxygen atoms in total. The summed E-state index contributed by atoms with van der Waals surface area (Å²) in [6, 6.07) is 3.24. The highest BCUT2D eigenvalue weighted by atomic mass is 16.7. The van der Waals surface area contributed by atoms with Gasteiger partial charge in [-0.25, -0.2) is 9.50 Å². The van der Waals surface area contributed by atoms with Gasteiger partial charge in [-0.2, -0.15) is 5.10 Å². The second kappa shape index (κ2) is 10.1. The molecule has 1 fully saturated rings. The summed E-state index contributed by atoms with van der Waals surface area (Å²) in [4.78, 5) is 32.0. The summed E-state index contributed by atoms with van der Waals surface area (Å²) < 4.78 is 17.8. The lowest BCUT2D eigenvalue weighted by Gasteiger charge is -2.27. The molecule has 3 rings (SSSR count). The van der Waals surface area contributed by atoms with Crippen LogP contribution in [-0.4, -0.2) is 75.1 Å². The van der Waals surface area contributed by atoms with E-state index < -0.39 is 35.4 Å². The highest BCUT2D eigenvalue weighted by Crippen LogP contribution is 2.41. The topological polar surface area (TPSA) is 157 Å². The average molecular weight is 478 g/mol. The van der Waals surface area contributed by atoms with Crippen LogP contribution in [0.25, 0.3) is 5.52 Å². The zero-order valence-corrected chi connectivity index (χ0v) is 19.7. The van der Waals surface area contributed by atoms with Crippen molar-refractivity contribution in [2.75, 3.05) is 18.7 Å². The Kier molecular flexibility index (Phi) is 7.66. The first kappa shape index (κ1) is 25.7. The minimum absolute atomic E-state index is 0.177. The summed E-state index contributed by atoms with van der Waals surface area (Å²) in [7, 11) is 0. The van der Waals surface area contributed by atoms with Crippen LogP contribution < -0.4 is 5.32 Å². The predicted octanol–water partition coefficient (Wildman–Crippen LogP) is 1.01. The number of hydrogen-bond acceptors (Lipinski definition) is 10. The number of aromatic nitrogens is 3. The quantitative estimate of drug-likeness (QED) is 0.207. The molecule has 3 heterocycles. The van der Waals surface area contributed by atoms with Gasteiger partial charge in [0.2, 0.25) is 11.6 Å². The third-order valence-corrected chi connectivity index (χ3v) is 5.39. The van der Waals surface area contributed by atoms with Crippen molar-refractivity contribution in [3.63, 3.8) is 0 Å². The van der Waals surface area contributed by atoms with Gasteiger partial charge >= 0.3 is 5.97 Å². The number of nitrogens with zero attached hydrogens (tertiary/aromatic N) is 4. The van der Waals surface area contributed by atoms with Gasteiger partial charge < -0.3 is 29.7 Å². The van der Waals surface area contributed by atoms with Gasteiger partial charge in [-0.3, -0.25) is 14.6 Å². The number of aliphatic hydroxyl groups excluding tert-OH is 2. The van der Waals surface area contributed by atoms with Crippen LogP contribution in [0.5, 0.6) is 0 Å². The SMILES string of the molecule is C=N[C@@]1(c2ccc3c(NC(=O)CCC)ncnn23)O[C@H](COCOC(=O)C(C)(C)C)[C@@H](O)[C@H]1O. The molecule has 1 aliphatic heterocycles. The number of aliphatic imine (C=N–C) groups is 1. The average Bonchev–Trinajstić information content (AvgIpc) is 3.32. The Hall–Kier alpha value is -2.93. The predicted molar refractivity (Wildman–Crippen MR) is 121 cm³/mol. The lowest BCUT2D eigenvalue weighted by molar-refractivity contribution is -0.171. The Bertz CT molecular complexity index is 1050. The maximum absolute atomic E-state index is 12.0. The highest BCUT2D eigenvalue weighted by Gasteiger charge is 2.56. The lowest BCUT2D eigenvalue weighted by Crippen LogP contribution is -2.40. The summed E-state index contributed by atoms with van der Waals surface area (Å²) >= 11 is 0. The molecule has 186 valence electrons. The van der Waals surface area contributed by atoms with E-state index in [0.717, 1.165) is 0 Å². The van der Waals surface area contributed by atoms with Gasteiger partial charge in [-0.1, -0.05) is 6.92 Å². The largest absolute Gasteiger partial charge is 0.438 e. The molecule has 1 amide bonds. The van der Waals surface area contributed by atoms with Crippen LogP contribution in [0.3, 0.4) is 0 Å². The Morgan fingerprint density at radius 3 is 2.74 bits per heavy atom. The molecule has 0 aromatic carbocycles. The number of amides is 1. The van der Waals surface area contributed by atoms with Gasteiger partial charge in [0, 0.05) is 6.42 Å². The maximum Gasteiger partial charge on any atom is 0.313 e. The molecule has 1 aliphatic rings. The number of carbonyl (C=O) groups excluding carboxylic acids is 2. The molecule has 0 radical (unpaired) electrons. The Labute approximate surface area is 196 Å². The number of nitrogens with one attached hydrogen (secondary N) is 1. The van der Waals surface area contributed by atoms with E-state index in [1.807, 2.05) is 6.92 Å². The number of aliphatic hydroxyl groups is 2. The first-order valence-electron chi connectivity index (χ1n) is 10.9. The van der Waals surface area contributed by atoms with Crippen molar-refractivity contribution < 1.29 is 34.0 Å². The molecule has 34 heavy (non-hydrogen) atoms. The standard InChI is InChI=1S/C22H31N5O7/c1-6-7-16(28)26-19-13-8-9-15(27(13)25-11-24-19)22(23-5)18(30)17(29)14(34-22)10-32-12-33-20(31)21(2,3)4/h8-9,11,14,17-18,29-30H,5-7,10,12H2,1-4H3,(H,24,25,26,28)/t14-,17-,18-,22+/m1/s1. The van der Waals surface area contributed by atoms with Crippen molar-refractivity contribution >= 4 is 29.9 Å². The molecule has 0 bridgehead atoms. The van der Waals surface area contributed by atoms with E-state index in [4.69, 9.17) is 14.2 Å². The van der Waals surface area contributed by atoms with Crippen LogP contribution in [0.15, 0.2) is 23.5 Å². The smallest absolute Gasteiger partial charge is 0.313 e. The number of ether oxygens (including phenoxy) is 3. The minimum atomic E-state index is -1.76. The highest BCUT2D eigenvalue weighted by molar-refractivity contribution is 5.93. The molecule has 0 unspecified atom stereocenters. The zero-order chi connectivity index (χ0) is 25.1. The molecule has 2 aromatic heterocycles. The van der Waals surface area contributed by atoms with Gasteiger partial charge in [0.05, 0.1) is 12.0 Å². The zero-order valence-electron chi connectivity index (χ0n) is 19.7. The number of hydrogen-bond donors (Lipinski definition) is 3. The summed E-state index contributed by atoms with van der Waals surface area (Å²) in [5, 5.41) is 28.4. The van der Waals surface area contributed by atoms with Crippen molar-refractivity contribution in [3.05, 3.63) is 24.2 Å². The third-order valence-electron chi connectivity index (χ3n) is 5.39. The monoisotopic (exact) mass is 477 g/mol. The van der Waals surface area contributed by atoms with E-state index in [1.54, 1.807) is 32.9 Å². The van der Waals surface area contributed by atoms with Gasteiger partial charge in [-0.05, 0) is 46.0 Å². The van der Waals surface area contributed by atoms with Crippen LogP contribution in [-0.2, 0) is 29.5 Å². The first-order chi connectivity index (χ1) is 16.0. The molecular formula is C22H31N5O7. The van der Waals surface area contributed by atoms with Crippen molar-refractivity contribution in [1.82, 2.24) is 14.6 Å². The van der Waals surface area contributed by atoms with Crippen molar-refractivity contribution in [2.45, 2.75) is 64.6 Å². The fraction of sp³-hybridized carbons (Fsp3) is 0.591. The van der Waals surface area contributed by atoms with E-state index in [-0.39, 0.29) is 30.8 Å². The van der Waals surface area contributed by atoms with Gasteiger partial charge in [0.1, 0.15) is 35.8 Å². The molecule has 4 atom stereocenters. The van der Waals surface area contributed by atoms with Gasteiger partial charge in [-0.15, -0.1) is 0 Å². The van der Waals surface area contributed by atoms with Crippen LogP contribution in [0.2, 0.25) is 0 Å². The number of rotatable bonds is 9. The van der Waals surface area contributed by atoms with Crippen LogP contribution in [0.1, 0.15) is 46.2 Å². The van der Waals surface area contributed by atoms with Crippen molar-refractivity contribution in [2.24, 2.45) is 10.4 Å². The second-order valence-corrected chi connectivity index (χ2v) is 9.04. The molecule has 3 N–H and O–H groups in total. The molecule has 0 saturated carbocycles. The normalized spacial score (nSPS) is 24.8. The first-order valence-corrected chi connectivity index (χ1v) is 10.9. The van der Waals surface area contributed by atoms with Crippen LogP contribution in [0, 0.1) is 5.41 Å². The molecule has 1 saturated heterocycles. The van der Waals surface area contributed by atoms with Crippen molar-refractivity contribution in [3.8, 4) is 0 Å². The van der Waals surface area contributed by atoms with E-state index in [9.17, 15) is 19.8 Å². The molecule has 12 heteroatoms. The van der Waals surface area contributed by atoms with Crippen LogP contribution >= 0.6 is 0 Å². The number of anilines is 1. The van der Waals surface area contributed by atoms with E-state index in [0.29, 0.717) is 18.4 Å². The third kappa shape index (κ3) is 4.94. The molecule has 2 aromatic rings. The van der Waals surface area contributed by atoms with E-state index >= 15 is 0 Å². The second-order valence-electron chi connectivity index (χ2n) is 9.04.